The first-order valence-electron chi connectivity index (χ1n) is 5.15. The molecule has 1 atom stereocenters. The maximum atomic E-state index is 11.2. The molecule has 1 aromatic rings. The summed E-state index contributed by atoms with van der Waals surface area (Å²) < 4.78 is 10.0. The summed E-state index contributed by atoms with van der Waals surface area (Å²) in [5.74, 6) is -0.926. The number of carbonyl (C=O) groups excluding carboxylic acids is 1. The van der Waals surface area contributed by atoms with Crippen LogP contribution in [0.25, 0.3) is 0 Å². The van der Waals surface area contributed by atoms with E-state index in [1.54, 1.807) is 6.07 Å². The fourth-order valence-electron chi connectivity index (χ4n) is 1.25. The second kappa shape index (κ2) is 5.98. The molecule has 0 radical (unpaired) electrons. The van der Waals surface area contributed by atoms with Crippen molar-refractivity contribution in [2.24, 2.45) is 0 Å². The third-order valence-electron chi connectivity index (χ3n) is 2.25. The molecule has 0 aliphatic carbocycles. The lowest BCUT2D eigenvalue weighted by atomic mass is 10.1. The summed E-state index contributed by atoms with van der Waals surface area (Å²) in [5, 5.41) is 20.6. The molecular formula is C11H12BrNO6. The number of nitro benzene ring substituents is 1. The van der Waals surface area contributed by atoms with E-state index in [-0.39, 0.29) is 11.4 Å². The predicted octanol–water partition coefficient (Wildman–Crippen LogP) is 1.66. The Morgan fingerprint density at radius 2 is 2.21 bits per heavy atom. The van der Waals surface area contributed by atoms with Crippen LogP contribution in [0.4, 0.5) is 5.69 Å². The second-order valence-electron chi connectivity index (χ2n) is 3.92. The molecule has 0 fully saturated rings. The van der Waals surface area contributed by atoms with Crippen LogP contribution in [0.15, 0.2) is 22.7 Å². The summed E-state index contributed by atoms with van der Waals surface area (Å²) in [6, 6.07) is 4.19. The number of methoxy groups -OCH3 is 1. The maximum Gasteiger partial charge on any atom is 0.341 e. The Labute approximate surface area is 117 Å². The SMILES string of the molecule is COC(=O)C(C)(O)COc1ccc(Br)cc1[N+](=O)[O-]. The standard InChI is InChI=1S/C11H12BrNO6/c1-11(15,10(14)18-2)6-19-9-4-3-7(12)5-8(9)13(16)17/h3-5,15H,6H2,1-2H3. The minimum atomic E-state index is -1.88. The van der Waals surface area contributed by atoms with Gasteiger partial charge in [-0.25, -0.2) is 4.79 Å². The van der Waals surface area contributed by atoms with Crippen molar-refractivity contribution in [1.29, 1.82) is 0 Å². The van der Waals surface area contributed by atoms with E-state index in [2.05, 4.69) is 20.7 Å². The van der Waals surface area contributed by atoms with Crippen molar-refractivity contribution in [3.8, 4) is 5.75 Å². The average Bonchev–Trinajstić information content (AvgIpc) is 2.36. The van der Waals surface area contributed by atoms with Crippen LogP contribution in [-0.4, -0.2) is 35.3 Å². The van der Waals surface area contributed by atoms with Crippen molar-refractivity contribution in [2.45, 2.75) is 12.5 Å². The van der Waals surface area contributed by atoms with Crippen molar-refractivity contribution < 1.29 is 24.3 Å². The number of rotatable bonds is 5. The van der Waals surface area contributed by atoms with Crippen LogP contribution < -0.4 is 4.74 Å². The Bertz CT molecular complexity index is 502. The Kier molecular flexibility index (Phi) is 4.84. The van der Waals surface area contributed by atoms with Crippen molar-refractivity contribution in [3.05, 3.63) is 32.8 Å². The summed E-state index contributed by atoms with van der Waals surface area (Å²) in [6.45, 7) is 0.742. The summed E-state index contributed by atoms with van der Waals surface area (Å²) in [6.07, 6.45) is 0. The molecule has 0 spiro atoms. The van der Waals surface area contributed by atoms with Crippen molar-refractivity contribution in [2.75, 3.05) is 13.7 Å². The van der Waals surface area contributed by atoms with Gasteiger partial charge in [-0.1, -0.05) is 15.9 Å². The van der Waals surface area contributed by atoms with Crippen LogP contribution in [0.1, 0.15) is 6.92 Å². The number of benzene rings is 1. The molecule has 0 heterocycles. The number of carbonyl (C=O) groups is 1. The molecule has 0 aliphatic rings. The van der Waals surface area contributed by atoms with Gasteiger partial charge in [0.25, 0.3) is 0 Å². The molecule has 1 unspecified atom stereocenters. The molecule has 0 saturated carbocycles. The van der Waals surface area contributed by atoms with Gasteiger partial charge in [-0.05, 0) is 19.1 Å². The van der Waals surface area contributed by atoms with Gasteiger partial charge in [-0.15, -0.1) is 0 Å². The molecule has 8 heteroatoms. The number of esters is 1. The zero-order chi connectivity index (χ0) is 14.6. The number of hydrogen-bond acceptors (Lipinski definition) is 6. The Hall–Kier alpha value is -1.67. The first-order chi connectivity index (χ1) is 8.77. The van der Waals surface area contributed by atoms with Gasteiger partial charge in [-0.3, -0.25) is 10.1 Å². The first-order valence-corrected chi connectivity index (χ1v) is 5.95. The predicted molar refractivity (Wildman–Crippen MR) is 68.9 cm³/mol. The zero-order valence-corrected chi connectivity index (χ0v) is 11.8. The van der Waals surface area contributed by atoms with Crippen LogP contribution in [0, 0.1) is 10.1 Å². The quantitative estimate of drug-likeness (QED) is 0.499. The summed E-state index contributed by atoms with van der Waals surface area (Å²) in [4.78, 5) is 21.5. The largest absolute Gasteiger partial charge is 0.483 e. The Morgan fingerprint density at radius 3 is 2.74 bits per heavy atom. The van der Waals surface area contributed by atoms with Gasteiger partial charge in [0.15, 0.2) is 11.4 Å². The fourth-order valence-corrected chi connectivity index (χ4v) is 1.60. The van der Waals surface area contributed by atoms with Gasteiger partial charge in [0.2, 0.25) is 0 Å². The van der Waals surface area contributed by atoms with E-state index in [0.717, 1.165) is 7.11 Å². The van der Waals surface area contributed by atoms with Gasteiger partial charge in [0.05, 0.1) is 12.0 Å². The van der Waals surface area contributed by atoms with Gasteiger partial charge < -0.3 is 14.6 Å². The van der Waals surface area contributed by atoms with Gasteiger partial charge in [-0.2, -0.15) is 0 Å². The topological polar surface area (TPSA) is 98.9 Å². The van der Waals surface area contributed by atoms with E-state index >= 15 is 0 Å². The molecule has 0 aliphatic heterocycles. The van der Waals surface area contributed by atoms with Crippen LogP contribution in [0.2, 0.25) is 0 Å². The van der Waals surface area contributed by atoms with Gasteiger partial charge in [0.1, 0.15) is 6.61 Å². The maximum absolute atomic E-state index is 11.2. The number of nitrogens with zero attached hydrogens (tertiary/aromatic N) is 1. The zero-order valence-electron chi connectivity index (χ0n) is 10.3. The van der Waals surface area contributed by atoms with Crippen molar-refractivity contribution in [3.63, 3.8) is 0 Å². The minimum Gasteiger partial charge on any atom is -0.483 e. The highest BCUT2D eigenvalue weighted by molar-refractivity contribution is 9.10. The second-order valence-corrected chi connectivity index (χ2v) is 4.84. The number of nitro groups is 1. The van der Waals surface area contributed by atoms with Crippen molar-refractivity contribution >= 4 is 27.6 Å². The molecule has 0 aromatic heterocycles. The lowest BCUT2D eigenvalue weighted by molar-refractivity contribution is -0.386. The third kappa shape index (κ3) is 3.90. The summed E-state index contributed by atoms with van der Waals surface area (Å²) in [5.41, 5.74) is -2.15. The highest BCUT2D eigenvalue weighted by Crippen LogP contribution is 2.30. The molecule has 0 saturated heterocycles. The Morgan fingerprint density at radius 1 is 1.58 bits per heavy atom. The van der Waals surface area contributed by atoms with E-state index in [9.17, 15) is 20.0 Å². The number of hydrogen-bond donors (Lipinski definition) is 1. The number of ether oxygens (including phenoxy) is 2. The van der Waals surface area contributed by atoms with Crippen LogP contribution in [0.3, 0.4) is 0 Å². The highest BCUT2D eigenvalue weighted by atomic mass is 79.9. The van der Waals surface area contributed by atoms with Crippen LogP contribution in [0.5, 0.6) is 5.75 Å². The minimum absolute atomic E-state index is 0.0441. The summed E-state index contributed by atoms with van der Waals surface area (Å²) in [7, 11) is 1.12. The highest BCUT2D eigenvalue weighted by Gasteiger charge is 2.33. The number of aliphatic hydroxyl groups is 1. The molecule has 0 bridgehead atoms. The number of halogens is 1. The van der Waals surface area contributed by atoms with Crippen molar-refractivity contribution in [1.82, 2.24) is 0 Å². The average molecular weight is 334 g/mol. The molecule has 0 amide bonds. The van der Waals surface area contributed by atoms with Crippen LogP contribution >= 0.6 is 15.9 Å². The van der Waals surface area contributed by atoms with E-state index in [1.807, 2.05) is 0 Å². The molecule has 7 nitrogen and oxygen atoms in total. The summed E-state index contributed by atoms with van der Waals surface area (Å²) >= 11 is 3.11. The lowest BCUT2D eigenvalue weighted by Crippen LogP contribution is -2.42. The van der Waals surface area contributed by atoms with E-state index < -0.39 is 23.1 Å². The Balaban J connectivity index is 2.89. The normalized spacial score (nSPS) is 13.5. The smallest absolute Gasteiger partial charge is 0.341 e. The molecular weight excluding hydrogens is 322 g/mol. The molecule has 1 rings (SSSR count). The first kappa shape index (κ1) is 15.4. The van der Waals surface area contributed by atoms with Gasteiger partial charge >= 0.3 is 11.7 Å². The van der Waals surface area contributed by atoms with E-state index in [4.69, 9.17) is 4.74 Å². The molecule has 19 heavy (non-hydrogen) atoms. The fraction of sp³-hybridized carbons (Fsp3) is 0.364. The third-order valence-corrected chi connectivity index (χ3v) is 2.74. The molecule has 1 N–H and O–H groups in total. The molecule has 1 aromatic carbocycles. The van der Waals surface area contributed by atoms with E-state index in [1.165, 1.54) is 19.1 Å². The monoisotopic (exact) mass is 333 g/mol. The van der Waals surface area contributed by atoms with Gasteiger partial charge in [0, 0.05) is 10.5 Å². The molecule has 104 valence electrons. The lowest BCUT2D eigenvalue weighted by Gasteiger charge is -2.20. The van der Waals surface area contributed by atoms with Crippen LogP contribution in [-0.2, 0) is 9.53 Å². The van der Waals surface area contributed by atoms with E-state index in [0.29, 0.717) is 4.47 Å².